The molecule has 0 heterocycles. The van der Waals surface area contributed by atoms with Gasteiger partial charge in [0.1, 0.15) is 18.5 Å². The van der Waals surface area contributed by atoms with E-state index in [0.29, 0.717) is 13.2 Å². The summed E-state index contributed by atoms with van der Waals surface area (Å²) < 4.78 is 5.46. The fourth-order valence-electron chi connectivity index (χ4n) is 1.33. The fourth-order valence-corrected chi connectivity index (χ4v) is 1.33. The van der Waals surface area contributed by atoms with Crippen molar-refractivity contribution in [3.05, 3.63) is 29.8 Å². The van der Waals surface area contributed by atoms with Crippen LogP contribution in [0.25, 0.3) is 0 Å². The number of hydrogen-bond acceptors (Lipinski definition) is 3. The molecule has 0 aliphatic rings. The Morgan fingerprint density at radius 2 is 2.00 bits per heavy atom. The highest BCUT2D eigenvalue weighted by Crippen LogP contribution is 2.11. The van der Waals surface area contributed by atoms with Crippen LogP contribution >= 0.6 is 0 Å². The normalized spacial score (nSPS) is 12.4. The molecule has 0 spiro atoms. The lowest BCUT2D eigenvalue weighted by Gasteiger charge is -2.13. The predicted molar refractivity (Wildman–Crippen MR) is 65.8 cm³/mol. The van der Waals surface area contributed by atoms with E-state index in [9.17, 15) is 5.11 Å². The van der Waals surface area contributed by atoms with Gasteiger partial charge in [-0.15, -0.1) is 0 Å². The predicted octanol–water partition coefficient (Wildman–Crippen LogP) is 1.73. The minimum absolute atomic E-state index is 0.333. The third kappa shape index (κ3) is 5.14. The Bertz CT molecular complexity index is 284. The highest BCUT2D eigenvalue weighted by molar-refractivity contribution is 5.26. The van der Waals surface area contributed by atoms with Crippen LogP contribution in [0, 0.1) is 6.92 Å². The fraction of sp³-hybridized carbons (Fsp3) is 0.538. The third-order valence-corrected chi connectivity index (χ3v) is 2.27. The van der Waals surface area contributed by atoms with Crippen molar-refractivity contribution in [1.29, 1.82) is 0 Å². The molecule has 1 unspecified atom stereocenters. The molecule has 1 atom stereocenters. The molecule has 0 radical (unpaired) electrons. The Morgan fingerprint density at radius 1 is 1.31 bits per heavy atom. The van der Waals surface area contributed by atoms with Crippen LogP contribution < -0.4 is 10.1 Å². The maximum Gasteiger partial charge on any atom is 0.119 e. The van der Waals surface area contributed by atoms with Crippen LogP contribution in [0.2, 0.25) is 0 Å². The lowest BCUT2D eigenvalue weighted by Crippen LogP contribution is -2.31. The van der Waals surface area contributed by atoms with E-state index in [-0.39, 0.29) is 0 Å². The van der Waals surface area contributed by atoms with Crippen molar-refractivity contribution in [2.45, 2.75) is 26.4 Å². The zero-order valence-corrected chi connectivity index (χ0v) is 10.1. The lowest BCUT2D eigenvalue weighted by atomic mass is 10.2. The summed E-state index contributed by atoms with van der Waals surface area (Å²) in [7, 11) is 0. The Kier molecular flexibility index (Phi) is 5.90. The summed E-state index contributed by atoms with van der Waals surface area (Å²) in [6, 6.07) is 7.83. The lowest BCUT2D eigenvalue weighted by molar-refractivity contribution is 0.106. The van der Waals surface area contributed by atoms with Gasteiger partial charge in [-0.3, -0.25) is 0 Å². The highest BCUT2D eigenvalue weighted by Gasteiger charge is 2.03. The molecule has 0 amide bonds. The molecule has 1 aromatic rings. The Labute approximate surface area is 97.4 Å². The topological polar surface area (TPSA) is 41.5 Å². The van der Waals surface area contributed by atoms with Crippen molar-refractivity contribution < 1.29 is 9.84 Å². The quantitative estimate of drug-likeness (QED) is 0.692. The Morgan fingerprint density at radius 3 is 2.62 bits per heavy atom. The van der Waals surface area contributed by atoms with Gasteiger partial charge in [-0.05, 0) is 32.0 Å². The van der Waals surface area contributed by atoms with Crippen LogP contribution in [0.15, 0.2) is 24.3 Å². The smallest absolute Gasteiger partial charge is 0.119 e. The largest absolute Gasteiger partial charge is 0.491 e. The molecule has 0 fully saturated rings. The number of hydrogen-bond donors (Lipinski definition) is 2. The second-order valence-electron chi connectivity index (χ2n) is 3.98. The van der Waals surface area contributed by atoms with Gasteiger partial charge < -0.3 is 15.2 Å². The van der Waals surface area contributed by atoms with Crippen LogP contribution in [-0.4, -0.2) is 30.9 Å². The summed E-state index contributed by atoms with van der Waals surface area (Å²) in [4.78, 5) is 0. The van der Waals surface area contributed by atoms with E-state index < -0.39 is 6.10 Å². The minimum Gasteiger partial charge on any atom is -0.491 e. The van der Waals surface area contributed by atoms with E-state index in [1.54, 1.807) is 0 Å². The van der Waals surface area contributed by atoms with Crippen LogP contribution in [0.4, 0.5) is 0 Å². The number of aliphatic hydroxyl groups excluding tert-OH is 1. The van der Waals surface area contributed by atoms with Crippen molar-refractivity contribution in [2.75, 3.05) is 19.7 Å². The zero-order chi connectivity index (χ0) is 11.8. The van der Waals surface area contributed by atoms with Gasteiger partial charge in [0, 0.05) is 6.54 Å². The van der Waals surface area contributed by atoms with Crippen LogP contribution in [0.1, 0.15) is 18.9 Å². The van der Waals surface area contributed by atoms with Crippen LogP contribution in [-0.2, 0) is 0 Å². The summed E-state index contributed by atoms with van der Waals surface area (Å²) in [5.41, 5.74) is 1.21. The van der Waals surface area contributed by atoms with Crippen molar-refractivity contribution in [2.24, 2.45) is 0 Å². The van der Waals surface area contributed by atoms with E-state index in [4.69, 9.17) is 4.74 Å². The summed E-state index contributed by atoms with van der Waals surface area (Å²) in [6.07, 6.45) is 0.624. The molecule has 1 rings (SSSR count). The molecule has 0 saturated heterocycles. The van der Waals surface area contributed by atoms with Crippen molar-refractivity contribution in [1.82, 2.24) is 5.32 Å². The molecule has 90 valence electrons. The molecule has 0 saturated carbocycles. The monoisotopic (exact) mass is 223 g/mol. The highest BCUT2D eigenvalue weighted by atomic mass is 16.5. The molecule has 0 bridgehead atoms. The molecule has 16 heavy (non-hydrogen) atoms. The molecule has 0 aliphatic carbocycles. The standard InChI is InChI=1S/C13H21NO2/c1-3-8-14-9-12(15)10-16-13-6-4-11(2)5-7-13/h4-7,12,14-15H,3,8-10H2,1-2H3. The maximum atomic E-state index is 9.60. The maximum absolute atomic E-state index is 9.60. The summed E-state index contributed by atoms with van der Waals surface area (Å²) in [5, 5.41) is 12.8. The van der Waals surface area contributed by atoms with E-state index in [1.165, 1.54) is 5.56 Å². The molecule has 0 aromatic heterocycles. The number of aryl methyl sites for hydroxylation is 1. The zero-order valence-electron chi connectivity index (χ0n) is 10.1. The van der Waals surface area contributed by atoms with Gasteiger partial charge in [-0.2, -0.15) is 0 Å². The number of aliphatic hydroxyl groups is 1. The average molecular weight is 223 g/mol. The van der Waals surface area contributed by atoms with E-state index in [0.717, 1.165) is 18.7 Å². The summed E-state index contributed by atoms with van der Waals surface area (Å²) >= 11 is 0. The molecule has 0 aliphatic heterocycles. The van der Waals surface area contributed by atoms with Gasteiger partial charge in [-0.1, -0.05) is 24.6 Å². The second kappa shape index (κ2) is 7.25. The van der Waals surface area contributed by atoms with Crippen LogP contribution in [0.3, 0.4) is 0 Å². The summed E-state index contributed by atoms with van der Waals surface area (Å²) in [5.74, 6) is 0.806. The molecule has 3 nitrogen and oxygen atoms in total. The summed E-state index contributed by atoms with van der Waals surface area (Å²) in [6.45, 7) is 5.98. The molecule has 2 N–H and O–H groups in total. The molecule has 3 heteroatoms. The number of nitrogens with one attached hydrogen (secondary N) is 1. The number of benzene rings is 1. The van der Waals surface area contributed by atoms with Gasteiger partial charge in [0.05, 0.1) is 0 Å². The van der Waals surface area contributed by atoms with E-state index in [1.807, 2.05) is 31.2 Å². The molecular weight excluding hydrogens is 202 g/mol. The van der Waals surface area contributed by atoms with Gasteiger partial charge >= 0.3 is 0 Å². The van der Waals surface area contributed by atoms with Gasteiger partial charge in [-0.25, -0.2) is 0 Å². The number of ether oxygens (including phenoxy) is 1. The molecular formula is C13H21NO2. The van der Waals surface area contributed by atoms with Gasteiger partial charge in [0.15, 0.2) is 0 Å². The van der Waals surface area contributed by atoms with Crippen molar-refractivity contribution in [3.8, 4) is 5.75 Å². The number of rotatable bonds is 7. The first-order valence-corrected chi connectivity index (χ1v) is 5.80. The van der Waals surface area contributed by atoms with E-state index >= 15 is 0 Å². The minimum atomic E-state index is -0.451. The van der Waals surface area contributed by atoms with Gasteiger partial charge in [0.2, 0.25) is 0 Å². The van der Waals surface area contributed by atoms with E-state index in [2.05, 4.69) is 12.2 Å². The van der Waals surface area contributed by atoms with Crippen molar-refractivity contribution in [3.63, 3.8) is 0 Å². The SMILES string of the molecule is CCCNCC(O)COc1ccc(C)cc1. The Balaban J connectivity index is 2.20. The molecule has 1 aromatic carbocycles. The first-order valence-electron chi connectivity index (χ1n) is 5.80. The average Bonchev–Trinajstić information content (AvgIpc) is 2.29. The van der Waals surface area contributed by atoms with Crippen LogP contribution in [0.5, 0.6) is 5.75 Å². The van der Waals surface area contributed by atoms with Gasteiger partial charge in [0.25, 0.3) is 0 Å². The third-order valence-electron chi connectivity index (χ3n) is 2.27. The first-order chi connectivity index (χ1) is 7.72. The Hall–Kier alpha value is -1.06. The second-order valence-corrected chi connectivity index (χ2v) is 3.98. The first kappa shape index (κ1) is 13.0. The van der Waals surface area contributed by atoms with Crippen molar-refractivity contribution >= 4 is 0 Å².